The zero-order valence-corrected chi connectivity index (χ0v) is 11.0. The molecule has 0 aromatic carbocycles. The summed E-state index contributed by atoms with van der Waals surface area (Å²) in [7, 11) is 0. The van der Waals surface area contributed by atoms with Crippen LogP contribution in [0.5, 0.6) is 0 Å². The number of hydrogen-bond donors (Lipinski definition) is 2. The summed E-state index contributed by atoms with van der Waals surface area (Å²) in [6.07, 6.45) is -1.76. The van der Waals surface area contributed by atoms with E-state index in [2.05, 4.69) is 9.98 Å². The van der Waals surface area contributed by atoms with Crippen molar-refractivity contribution >= 4 is 11.7 Å². The molecule has 5 nitrogen and oxygen atoms in total. The number of pyridine rings is 1. The fourth-order valence-corrected chi connectivity index (χ4v) is 2.19. The van der Waals surface area contributed by atoms with Crippen LogP contribution in [-0.4, -0.2) is 27.9 Å². The number of aliphatic imine (C=N–C) groups is 1. The Morgan fingerprint density at radius 2 is 2.19 bits per heavy atom. The second kappa shape index (κ2) is 5.80. The lowest BCUT2D eigenvalue weighted by molar-refractivity contribution is -0.150. The van der Waals surface area contributed by atoms with E-state index < -0.39 is 24.2 Å². The quantitative estimate of drug-likeness (QED) is 0.897. The maximum atomic E-state index is 12.6. The minimum absolute atomic E-state index is 0.0460. The van der Waals surface area contributed by atoms with Gasteiger partial charge in [-0.3, -0.25) is 9.98 Å². The molecule has 0 saturated carbocycles. The van der Waals surface area contributed by atoms with Crippen LogP contribution >= 0.6 is 0 Å². The van der Waals surface area contributed by atoms with Crippen LogP contribution in [0.4, 0.5) is 13.2 Å². The highest BCUT2D eigenvalue weighted by Gasteiger charge is 2.39. The van der Waals surface area contributed by atoms with Gasteiger partial charge in [-0.2, -0.15) is 13.2 Å². The number of carbonyl (C=O) groups is 1. The zero-order chi connectivity index (χ0) is 15.6. The van der Waals surface area contributed by atoms with E-state index >= 15 is 0 Å². The molecule has 1 aromatic heterocycles. The number of carboxylic acids is 1. The van der Waals surface area contributed by atoms with Crippen LogP contribution in [-0.2, 0) is 4.79 Å². The molecule has 0 spiro atoms. The molecule has 2 unspecified atom stereocenters. The van der Waals surface area contributed by atoms with Crippen molar-refractivity contribution in [2.75, 3.05) is 0 Å². The number of hydrogen-bond acceptors (Lipinski definition) is 4. The fraction of sp³-hybridized carbons (Fsp3) is 0.462. The van der Waals surface area contributed by atoms with Crippen molar-refractivity contribution in [1.82, 2.24) is 4.98 Å². The second-order valence-electron chi connectivity index (χ2n) is 4.82. The normalized spacial score (nSPS) is 20.8. The van der Waals surface area contributed by atoms with Crippen LogP contribution < -0.4 is 5.73 Å². The summed E-state index contributed by atoms with van der Waals surface area (Å²) in [6, 6.07) is 0.152. The van der Waals surface area contributed by atoms with Crippen LogP contribution in [0, 0.1) is 0 Å². The number of aromatic nitrogens is 1. The van der Waals surface area contributed by atoms with E-state index in [0.717, 1.165) is 0 Å². The van der Waals surface area contributed by atoms with Crippen molar-refractivity contribution in [3.8, 4) is 0 Å². The number of aliphatic carboxylic acids is 1. The summed E-state index contributed by atoms with van der Waals surface area (Å²) >= 11 is 0. The SMILES string of the molecule is NC(c1cc(C2CCCC(C(=O)O)=N2)ccn1)C(F)(F)F. The standard InChI is InChI=1S/C13H14F3N3O2/c14-13(15,16)11(17)10-6-7(4-5-18-10)8-2-1-3-9(19-8)12(20)21/h4-6,8,11H,1-3,17H2,(H,20,21). The van der Waals surface area contributed by atoms with Gasteiger partial charge in [0.25, 0.3) is 0 Å². The van der Waals surface area contributed by atoms with Gasteiger partial charge in [-0.25, -0.2) is 4.79 Å². The van der Waals surface area contributed by atoms with Crippen molar-refractivity contribution in [3.05, 3.63) is 29.6 Å². The first-order valence-electron chi connectivity index (χ1n) is 6.37. The average Bonchev–Trinajstić information content (AvgIpc) is 2.45. The van der Waals surface area contributed by atoms with E-state index in [1.54, 1.807) is 0 Å². The molecule has 0 radical (unpaired) electrons. The van der Waals surface area contributed by atoms with E-state index in [4.69, 9.17) is 10.8 Å². The second-order valence-corrected chi connectivity index (χ2v) is 4.82. The van der Waals surface area contributed by atoms with E-state index in [1.807, 2.05) is 0 Å². The van der Waals surface area contributed by atoms with Crippen LogP contribution in [0.1, 0.15) is 42.6 Å². The molecular weight excluding hydrogens is 287 g/mol. The molecule has 1 aliphatic heterocycles. The van der Waals surface area contributed by atoms with E-state index in [0.29, 0.717) is 24.8 Å². The molecule has 0 saturated heterocycles. The largest absolute Gasteiger partial charge is 0.477 e. The number of halogens is 3. The van der Waals surface area contributed by atoms with Crippen molar-refractivity contribution in [3.63, 3.8) is 0 Å². The molecule has 1 aromatic rings. The number of carboxylic acid groups (broad SMARTS) is 1. The Morgan fingerprint density at radius 1 is 1.48 bits per heavy atom. The molecule has 1 aliphatic rings. The predicted octanol–water partition coefficient (Wildman–Crippen LogP) is 2.39. The lowest BCUT2D eigenvalue weighted by atomic mass is 9.96. The summed E-state index contributed by atoms with van der Waals surface area (Å²) in [4.78, 5) is 18.7. The van der Waals surface area contributed by atoms with Gasteiger partial charge in [0, 0.05) is 6.20 Å². The molecule has 21 heavy (non-hydrogen) atoms. The molecule has 0 amide bonds. The van der Waals surface area contributed by atoms with Gasteiger partial charge in [-0.05, 0) is 37.0 Å². The molecule has 0 bridgehead atoms. The molecule has 2 heterocycles. The first-order valence-corrected chi connectivity index (χ1v) is 6.37. The summed E-state index contributed by atoms with van der Waals surface area (Å²) in [5.74, 6) is -1.10. The third-order valence-electron chi connectivity index (χ3n) is 3.31. The van der Waals surface area contributed by atoms with E-state index in [-0.39, 0.29) is 11.4 Å². The first-order chi connectivity index (χ1) is 9.79. The average molecular weight is 301 g/mol. The maximum absolute atomic E-state index is 12.6. The van der Waals surface area contributed by atoms with Crippen molar-refractivity contribution < 1.29 is 23.1 Å². The summed E-state index contributed by atoms with van der Waals surface area (Å²) < 4.78 is 37.8. The molecule has 2 atom stereocenters. The van der Waals surface area contributed by atoms with E-state index in [1.165, 1.54) is 18.3 Å². The summed E-state index contributed by atoms with van der Waals surface area (Å²) in [6.45, 7) is 0. The number of nitrogens with two attached hydrogens (primary N) is 1. The number of nitrogens with zero attached hydrogens (tertiary/aromatic N) is 2. The van der Waals surface area contributed by atoms with Crippen LogP contribution in [0.15, 0.2) is 23.3 Å². The lowest BCUT2D eigenvalue weighted by Crippen LogP contribution is -2.29. The smallest absolute Gasteiger partial charge is 0.409 e. The number of alkyl halides is 3. The van der Waals surface area contributed by atoms with Gasteiger partial charge in [-0.15, -0.1) is 0 Å². The Hall–Kier alpha value is -1.96. The fourth-order valence-electron chi connectivity index (χ4n) is 2.19. The topological polar surface area (TPSA) is 88.6 Å². The molecule has 3 N–H and O–H groups in total. The maximum Gasteiger partial charge on any atom is 0.409 e. The van der Waals surface area contributed by atoms with Crippen molar-refractivity contribution in [2.24, 2.45) is 10.7 Å². The van der Waals surface area contributed by atoms with Gasteiger partial charge in [0.15, 0.2) is 0 Å². The lowest BCUT2D eigenvalue weighted by Gasteiger charge is -2.21. The minimum Gasteiger partial charge on any atom is -0.477 e. The third-order valence-corrected chi connectivity index (χ3v) is 3.31. The van der Waals surface area contributed by atoms with Crippen molar-refractivity contribution in [1.29, 1.82) is 0 Å². The first kappa shape index (κ1) is 15.4. The van der Waals surface area contributed by atoms with Gasteiger partial charge in [-0.1, -0.05) is 0 Å². The Balaban J connectivity index is 2.29. The van der Waals surface area contributed by atoms with Gasteiger partial charge < -0.3 is 10.8 Å². The minimum atomic E-state index is -4.58. The molecule has 8 heteroatoms. The highest BCUT2D eigenvalue weighted by atomic mass is 19.4. The van der Waals surface area contributed by atoms with Crippen molar-refractivity contribution in [2.45, 2.75) is 37.5 Å². The monoisotopic (exact) mass is 301 g/mol. The Labute approximate surface area is 118 Å². The summed E-state index contributed by atoms with van der Waals surface area (Å²) in [5.41, 5.74) is 5.38. The Kier molecular flexibility index (Phi) is 4.26. The van der Waals surface area contributed by atoms with Gasteiger partial charge in [0.1, 0.15) is 11.8 Å². The summed E-state index contributed by atoms with van der Waals surface area (Å²) in [5, 5.41) is 8.94. The van der Waals surface area contributed by atoms with Gasteiger partial charge in [0.05, 0.1) is 11.7 Å². The van der Waals surface area contributed by atoms with Gasteiger partial charge >= 0.3 is 12.1 Å². The number of rotatable bonds is 3. The Morgan fingerprint density at radius 3 is 2.81 bits per heavy atom. The highest BCUT2D eigenvalue weighted by molar-refractivity contribution is 6.35. The molecule has 2 rings (SSSR count). The predicted molar refractivity (Wildman–Crippen MR) is 68.9 cm³/mol. The third kappa shape index (κ3) is 3.57. The molecule has 0 aliphatic carbocycles. The zero-order valence-electron chi connectivity index (χ0n) is 11.0. The molecular formula is C13H14F3N3O2. The van der Waals surface area contributed by atoms with Gasteiger partial charge in [0.2, 0.25) is 0 Å². The van der Waals surface area contributed by atoms with Crippen LogP contribution in [0.2, 0.25) is 0 Å². The Bertz CT molecular complexity index is 572. The molecule has 0 fully saturated rings. The highest BCUT2D eigenvalue weighted by Crippen LogP contribution is 2.33. The van der Waals surface area contributed by atoms with Crippen LogP contribution in [0.25, 0.3) is 0 Å². The van der Waals surface area contributed by atoms with E-state index in [9.17, 15) is 18.0 Å². The van der Waals surface area contributed by atoms with Crippen LogP contribution in [0.3, 0.4) is 0 Å². The molecule has 114 valence electrons.